The Morgan fingerprint density at radius 1 is 1.10 bits per heavy atom. The van der Waals surface area contributed by atoms with Crippen LogP contribution in [0.15, 0.2) is 30.3 Å². The van der Waals surface area contributed by atoms with Crippen molar-refractivity contribution in [2.24, 2.45) is 0 Å². The molecular formula is C21H25Cl2N5O. The first-order chi connectivity index (χ1) is 13.9. The number of rotatable bonds is 7. The lowest BCUT2D eigenvalue weighted by Gasteiger charge is -2.30. The van der Waals surface area contributed by atoms with Gasteiger partial charge in [0.05, 0.1) is 17.8 Å². The highest BCUT2D eigenvalue weighted by atomic mass is 35.5. The number of para-hydroxylation sites is 1. The molecule has 0 aliphatic heterocycles. The summed E-state index contributed by atoms with van der Waals surface area (Å²) < 4.78 is 7.45. The zero-order valence-corrected chi connectivity index (χ0v) is 18.8. The van der Waals surface area contributed by atoms with Crippen LogP contribution in [0.2, 0.25) is 10.0 Å². The van der Waals surface area contributed by atoms with E-state index in [1.807, 2.05) is 16.8 Å². The maximum atomic E-state index is 6.45. The SMILES string of the molecule is CCN(CC)[C@@H](c1cc(Cl)cc(Cl)c1OC)c1nnnn1-c1c(C)cccc1C. The van der Waals surface area contributed by atoms with Gasteiger partial charge in [0.25, 0.3) is 0 Å². The molecule has 0 saturated heterocycles. The van der Waals surface area contributed by atoms with Crippen LogP contribution in [-0.2, 0) is 0 Å². The predicted octanol–water partition coefficient (Wildman–Crippen LogP) is 5.03. The van der Waals surface area contributed by atoms with E-state index in [-0.39, 0.29) is 6.04 Å². The quantitative estimate of drug-likeness (QED) is 0.522. The fourth-order valence-electron chi connectivity index (χ4n) is 3.75. The highest BCUT2D eigenvalue weighted by Gasteiger charge is 2.31. The third-order valence-corrected chi connectivity index (χ3v) is 5.60. The van der Waals surface area contributed by atoms with Gasteiger partial charge in [0.15, 0.2) is 5.82 Å². The van der Waals surface area contributed by atoms with Crippen LogP contribution in [0.1, 0.15) is 42.4 Å². The van der Waals surface area contributed by atoms with Gasteiger partial charge in [-0.1, -0.05) is 55.2 Å². The summed E-state index contributed by atoms with van der Waals surface area (Å²) in [6, 6.07) is 9.40. The molecule has 1 aromatic heterocycles. The van der Waals surface area contributed by atoms with Crippen molar-refractivity contribution >= 4 is 23.2 Å². The molecule has 0 aliphatic carbocycles. The Balaban J connectivity index is 2.29. The molecule has 3 aromatic rings. The Hall–Kier alpha value is -2.15. The third kappa shape index (κ3) is 4.10. The van der Waals surface area contributed by atoms with Crippen LogP contribution < -0.4 is 4.74 Å². The first kappa shape index (κ1) is 21.6. The summed E-state index contributed by atoms with van der Waals surface area (Å²) in [5.74, 6) is 1.26. The van der Waals surface area contributed by atoms with Gasteiger partial charge in [-0.3, -0.25) is 4.90 Å². The molecule has 1 heterocycles. The van der Waals surface area contributed by atoms with E-state index >= 15 is 0 Å². The molecule has 8 heteroatoms. The van der Waals surface area contributed by atoms with Crippen LogP contribution in [0.4, 0.5) is 0 Å². The molecule has 6 nitrogen and oxygen atoms in total. The Labute approximate surface area is 181 Å². The van der Waals surface area contributed by atoms with E-state index in [0.29, 0.717) is 21.6 Å². The monoisotopic (exact) mass is 433 g/mol. The molecule has 0 spiro atoms. The van der Waals surface area contributed by atoms with Crippen molar-refractivity contribution in [3.63, 3.8) is 0 Å². The van der Waals surface area contributed by atoms with Gasteiger partial charge in [-0.25, -0.2) is 0 Å². The second-order valence-corrected chi connectivity index (χ2v) is 7.67. The van der Waals surface area contributed by atoms with Crippen molar-refractivity contribution in [1.82, 2.24) is 25.1 Å². The van der Waals surface area contributed by atoms with Gasteiger partial charge >= 0.3 is 0 Å². The van der Waals surface area contributed by atoms with Gasteiger partial charge in [0.1, 0.15) is 11.8 Å². The average Bonchev–Trinajstić information content (AvgIpc) is 3.14. The summed E-state index contributed by atoms with van der Waals surface area (Å²) in [4.78, 5) is 2.25. The lowest BCUT2D eigenvalue weighted by atomic mass is 10.0. The maximum Gasteiger partial charge on any atom is 0.178 e. The second-order valence-electron chi connectivity index (χ2n) is 6.82. The van der Waals surface area contributed by atoms with E-state index < -0.39 is 0 Å². The van der Waals surface area contributed by atoms with E-state index in [1.54, 1.807) is 13.2 Å². The molecule has 0 N–H and O–H groups in total. The molecule has 29 heavy (non-hydrogen) atoms. The largest absolute Gasteiger partial charge is 0.495 e. The number of methoxy groups -OCH3 is 1. The predicted molar refractivity (Wildman–Crippen MR) is 116 cm³/mol. The van der Waals surface area contributed by atoms with Crippen LogP contribution >= 0.6 is 23.2 Å². The maximum absolute atomic E-state index is 6.45. The fourth-order valence-corrected chi connectivity index (χ4v) is 4.34. The summed E-state index contributed by atoms with van der Waals surface area (Å²) in [5, 5.41) is 13.8. The molecule has 1 atom stereocenters. The lowest BCUT2D eigenvalue weighted by Crippen LogP contribution is -2.32. The summed E-state index contributed by atoms with van der Waals surface area (Å²) in [5.41, 5.74) is 3.98. The van der Waals surface area contributed by atoms with E-state index in [9.17, 15) is 0 Å². The summed E-state index contributed by atoms with van der Waals surface area (Å²) in [7, 11) is 1.60. The second kappa shape index (κ2) is 9.11. The summed E-state index contributed by atoms with van der Waals surface area (Å²) in [6.45, 7) is 9.88. The zero-order valence-electron chi connectivity index (χ0n) is 17.3. The molecule has 0 amide bonds. The van der Waals surface area contributed by atoms with E-state index in [0.717, 1.165) is 35.5 Å². The van der Waals surface area contributed by atoms with E-state index in [1.165, 1.54) is 0 Å². The molecule has 0 aliphatic rings. The van der Waals surface area contributed by atoms with Crippen molar-refractivity contribution in [1.29, 1.82) is 0 Å². The third-order valence-electron chi connectivity index (χ3n) is 5.10. The Morgan fingerprint density at radius 3 is 2.34 bits per heavy atom. The standard InChI is InChI=1S/C21H25Cl2N5O/c1-6-27(7-2)19(16-11-15(22)12-17(23)20(16)29-5)21-24-25-26-28(21)18-13(3)9-8-10-14(18)4/h8-12,19H,6-7H2,1-5H3/t19-/m0/s1. The van der Waals surface area contributed by atoms with Crippen molar-refractivity contribution in [3.8, 4) is 11.4 Å². The molecule has 2 aromatic carbocycles. The van der Waals surface area contributed by atoms with Crippen LogP contribution in [-0.4, -0.2) is 45.3 Å². The first-order valence-corrected chi connectivity index (χ1v) is 10.3. The van der Waals surface area contributed by atoms with E-state index in [2.05, 4.69) is 60.3 Å². The number of aromatic nitrogens is 4. The van der Waals surface area contributed by atoms with Crippen molar-refractivity contribution in [2.75, 3.05) is 20.2 Å². The molecule has 0 unspecified atom stereocenters. The number of hydrogen-bond acceptors (Lipinski definition) is 5. The number of aryl methyl sites for hydroxylation is 2. The molecular weight excluding hydrogens is 409 g/mol. The van der Waals surface area contributed by atoms with Gasteiger partial charge < -0.3 is 4.74 Å². The summed E-state index contributed by atoms with van der Waals surface area (Å²) in [6.07, 6.45) is 0. The number of hydrogen-bond donors (Lipinski definition) is 0. The van der Waals surface area contributed by atoms with Crippen LogP contribution in [0.3, 0.4) is 0 Å². The number of ether oxygens (including phenoxy) is 1. The Kier molecular flexibility index (Phi) is 6.77. The Morgan fingerprint density at radius 2 is 1.76 bits per heavy atom. The number of tetrazole rings is 1. The topological polar surface area (TPSA) is 56.1 Å². The van der Waals surface area contributed by atoms with Crippen LogP contribution in [0, 0.1) is 13.8 Å². The average molecular weight is 434 g/mol. The Bertz CT molecular complexity index is 980. The summed E-state index contributed by atoms with van der Waals surface area (Å²) >= 11 is 12.8. The van der Waals surface area contributed by atoms with Crippen molar-refractivity contribution < 1.29 is 4.74 Å². The smallest absolute Gasteiger partial charge is 0.178 e. The molecule has 154 valence electrons. The minimum absolute atomic E-state index is 0.287. The van der Waals surface area contributed by atoms with Gasteiger partial charge in [0, 0.05) is 10.6 Å². The molecule has 0 saturated carbocycles. The van der Waals surface area contributed by atoms with Crippen LogP contribution in [0.25, 0.3) is 5.69 Å². The lowest BCUT2D eigenvalue weighted by molar-refractivity contribution is 0.234. The highest BCUT2D eigenvalue weighted by Crippen LogP contribution is 2.40. The van der Waals surface area contributed by atoms with Crippen LogP contribution in [0.5, 0.6) is 5.75 Å². The van der Waals surface area contributed by atoms with E-state index in [4.69, 9.17) is 27.9 Å². The highest BCUT2D eigenvalue weighted by molar-refractivity contribution is 6.35. The van der Waals surface area contributed by atoms with Gasteiger partial charge in [-0.15, -0.1) is 5.10 Å². The minimum Gasteiger partial charge on any atom is -0.495 e. The van der Waals surface area contributed by atoms with Gasteiger partial charge in [-0.05, 0) is 60.6 Å². The van der Waals surface area contributed by atoms with Gasteiger partial charge in [0.2, 0.25) is 0 Å². The molecule has 0 bridgehead atoms. The fraction of sp³-hybridized carbons (Fsp3) is 0.381. The van der Waals surface area contributed by atoms with Crippen molar-refractivity contribution in [3.05, 3.63) is 62.9 Å². The zero-order chi connectivity index (χ0) is 21.1. The molecule has 3 rings (SSSR count). The number of benzene rings is 2. The number of nitrogens with zero attached hydrogens (tertiary/aromatic N) is 5. The normalized spacial score (nSPS) is 12.4. The first-order valence-electron chi connectivity index (χ1n) is 9.54. The van der Waals surface area contributed by atoms with Crippen molar-refractivity contribution in [2.45, 2.75) is 33.7 Å². The molecule has 0 radical (unpaired) electrons. The minimum atomic E-state index is -0.287. The number of halogens is 2. The molecule has 0 fully saturated rings. The van der Waals surface area contributed by atoms with Gasteiger partial charge in [-0.2, -0.15) is 4.68 Å².